The summed E-state index contributed by atoms with van der Waals surface area (Å²) in [5, 5.41) is 9.00. The molecule has 0 radical (unpaired) electrons. The zero-order valence-corrected chi connectivity index (χ0v) is 32.4. The Kier molecular flexibility index (Phi) is 9.17. The Morgan fingerprint density at radius 2 is 1.15 bits per heavy atom. The van der Waals surface area contributed by atoms with Gasteiger partial charge in [-0.05, 0) is 81.2 Å². The minimum Gasteiger partial charge on any atom is -0.456 e. The molecule has 0 bridgehead atoms. The fourth-order valence-electron chi connectivity index (χ4n) is 8.32. The van der Waals surface area contributed by atoms with Crippen LogP contribution in [0.2, 0.25) is 0 Å². The second-order valence-corrected chi connectivity index (χ2v) is 14.5. The van der Waals surface area contributed by atoms with E-state index in [2.05, 4.69) is 194 Å². The van der Waals surface area contributed by atoms with Crippen LogP contribution in [0.5, 0.6) is 0 Å². The van der Waals surface area contributed by atoms with Crippen LogP contribution in [0.3, 0.4) is 0 Å². The summed E-state index contributed by atoms with van der Waals surface area (Å²) >= 11 is 0. The van der Waals surface area contributed by atoms with Gasteiger partial charge in [-0.2, -0.15) is 0 Å². The van der Waals surface area contributed by atoms with Crippen LogP contribution in [0.4, 0.5) is 11.4 Å². The lowest BCUT2D eigenvalue weighted by molar-refractivity contribution is 0.669. The van der Waals surface area contributed by atoms with E-state index in [1.165, 1.54) is 16.2 Å². The Hall–Kier alpha value is -7.88. The van der Waals surface area contributed by atoms with Gasteiger partial charge < -0.3 is 13.7 Å². The monoisotopic (exact) mass is 757 g/mol. The SMILES string of the molecule is C=C/C=C(/C=C/C=C(\C=C)N(c1ccccc1-c1cccc2c1oc1cc3ccccc3cc12)c1cccc2oc3ccccc3c12)\C=C\c1cccc2ccccc12. The molecule has 8 aromatic carbocycles. The number of furan rings is 2. The zero-order valence-electron chi connectivity index (χ0n) is 32.4. The lowest BCUT2D eigenvalue weighted by atomic mass is 9.98. The number of anilines is 2. The molecule has 0 saturated carbocycles. The largest absolute Gasteiger partial charge is 0.456 e. The molecule has 0 aliphatic rings. The molecule has 0 fully saturated rings. The number of hydrogen-bond donors (Lipinski definition) is 0. The first-order chi connectivity index (χ1) is 29.2. The first-order valence-corrected chi connectivity index (χ1v) is 19.8. The predicted molar refractivity (Wildman–Crippen MR) is 251 cm³/mol. The van der Waals surface area contributed by atoms with Crippen molar-refractivity contribution in [1.29, 1.82) is 0 Å². The first kappa shape index (κ1) is 35.5. The molecule has 2 aromatic heterocycles. The summed E-state index contributed by atoms with van der Waals surface area (Å²) in [5.41, 5.74) is 10.4. The first-order valence-electron chi connectivity index (χ1n) is 19.8. The van der Waals surface area contributed by atoms with Gasteiger partial charge in [0.15, 0.2) is 0 Å². The van der Waals surface area contributed by atoms with Crippen LogP contribution < -0.4 is 4.90 Å². The summed E-state index contributed by atoms with van der Waals surface area (Å²) in [4.78, 5) is 2.29. The van der Waals surface area contributed by atoms with E-state index in [1.807, 2.05) is 36.4 Å². The van der Waals surface area contributed by atoms with E-state index >= 15 is 0 Å². The highest BCUT2D eigenvalue weighted by atomic mass is 16.3. The highest BCUT2D eigenvalue weighted by molar-refractivity contribution is 6.16. The summed E-state index contributed by atoms with van der Waals surface area (Å²) < 4.78 is 13.2. The standard InChI is InChI=1S/C56H39NO2/c1-3-17-38(34-35-40-23-14-22-39-19-7-8-25-44(39)40)18-13-24-43(4-2)57(51-31-16-33-53-55(51)48-27-10-12-32-52(48)58-53)50-30-11-9-26-45(50)46-28-15-29-47-49-36-41-20-5-6-21-42(41)37-54(49)59-56(46)47/h3-37H,1-2H2/b18-13+,35-34+,38-17-,43-24+. The van der Waals surface area contributed by atoms with Gasteiger partial charge in [0.25, 0.3) is 0 Å². The van der Waals surface area contributed by atoms with Gasteiger partial charge in [-0.15, -0.1) is 0 Å². The van der Waals surface area contributed by atoms with E-state index < -0.39 is 0 Å². The molecule has 0 aliphatic carbocycles. The molecule has 0 saturated heterocycles. The molecular formula is C56H39NO2. The number of para-hydroxylation sites is 3. The molecule has 0 aliphatic heterocycles. The molecule has 10 aromatic rings. The molecule has 3 heteroatoms. The Balaban J connectivity index is 1.14. The van der Waals surface area contributed by atoms with Crippen molar-refractivity contribution in [3.8, 4) is 11.1 Å². The van der Waals surface area contributed by atoms with Gasteiger partial charge in [-0.3, -0.25) is 0 Å². The number of nitrogens with zero attached hydrogens (tertiary/aromatic N) is 1. The Morgan fingerprint density at radius 3 is 2.02 bits per heavy atom. The van der Waals surface area contributed by atoms with Crippen LogP contribution in [0.1, 0.15) is 5.56 Å². The highest BCUT2D eigenvalue weighted by Crippen LogP contribution is 2.46. The summed E-state index contributed by atoms with van der Waals surface area (Å²) in [6, 6.07) is 57.1. The van der Waals surface area contributed by atoms with Crippen LogP contribution >= 0.6 is 0 Å². The summed E-state index contributed by atoms with van der Waals surface area (Å²) in [5.74, 6) is 0. The normalized spacial score (nSPS) is 12.6. The second-order valence-electron chi connectivity index (χ2n) is 14.5. The molecule has 59 heavy (non-hydrogen) atoms. The van der Waals surface area contributed by atoms with E-state index in [0.29, 0.717) is 0 Å². The van der Waals surface area contributed by atoms with Crippen molar-refractivity contribution in [3.63, 3.8) is 0 Å². The molecule has 0 unspecified atom stereocenters. The van der Waals surface area contributed by atoms with Crippen LogP contribution in [-0.2, 0) is 0 Å². The van der Waals surface area contributed by atoms with E-state index in [0.717, 1.165) is 88.6 Å². The third kappa shape index (κ3) is 6.45. The summed E-state index contributed by atoms with van der Waals surface area (Å²) in [7, 11) is 0. The van der Waals surface area contributed by atoms with Gasteiger partial charge >= 0.3 is 0 Å². The number of fused-ring (bicyclic) bond motifs is 8. The predicted octanol–water partition coefficient (Wildman–Crippen LogP) is 16.0. The molecule has 3 nitrogen and oxygen atoms in total. The van der Waals surface area contributed by atoms with Crippen LogP contribution in [0.25, 0.3) is 82.6 Å². The quantitative estimate of drug-likeness (QED) is 0.130. The Morgan fingerprint density at radius 1 is 0.492 bits per heavy atom. The van der Waals surface area contributed by atoms with Gasteiger partial charge in [0.2, 0.25) is 0 Å². The van der Waals surface area contributed by atoms with E-state index in [9.17, 15) is 0 Å². The fraction of sp³-hybridized carbons (Fsp3) is 0. The Bertz CT molecular complexity index is 3380. The van der Waals surface area contributed by atoms with Crippen molar-refractivity contribution in [3.05, 3.63) is 236 Å². The minimum atomic E-state index is 0.811. The molecule has 2 heterocycles. The molecular weight excluding hydrogens is 719 g/mol. The Labute approximate surface area is 342 Å². The summed E-state index contributed by atoms with van der Waals surface area (Å²) in [6.45, 7) is 8.39. The zero-order chi connectivity index (χ0) is 39.7. The molecule has 10 rings (SSSR count). The second kappa shape index (κ2) is 15.2. The third-order valence-electron chi connectivity index (χ3n) is 11.0. The van der Waals surface area contributed by atoms with Gasteiger partial charge in [0.05, 0.1) is 16.8 Å². The lowest BCUT2D eigenvalue weighted by Crippen LogP contribution is -2.16. The smallest absolute Gasteiger partial charge is 0.143 e. The lowest BCUT2D eigenvalue weighted by Gasteiger charge is -2.29. The van der Waals surface area contributed by atoms with Gasteiger partial charge in [-0.25, -0.2) is 0 Å². The average Bonchev–Trinajstić information content (AvgIpc) is 3.85. The topological polar surface area (TPSA) is 29.5 Å². The summed E-state index contributed by atoms with van der Waals surface area (Å²) in [6.07, 6.45) is 16.3. The molecule has 0 spiro atoms. The number of allylic oxidation sites excluding steroid dienone is 8. The van der Waals surface area contributed by atoms with Crippen LogP contribution in [0.15, 0.2) is 240 Å². The van der Waals surface area contributed by atoms with Gasteiger partial charge in [0.1, 0.15) is 22.3 Å². The molecule has 280 valence electrons. The number of benzene rings is 8. The maximum atomic E-state index is 6.78. The maximum Gasteiger partial charge on any atom is 0.143 e. The van der Waals surface area contributed by atoms with Crippen LogP contribution in [0, 0.1) is 0 Å². The van der Waals surface area contributed by atoms with Crippen molar-refractivity contribution in [1.82, 2.24) is 0 Å². The maximum absolute atomic E-state index is 6.78. The minimum absolute atomic E-state index is 0.811. The van der Waals surface area contributed by atoms with Crippen molar-refractivity contribution in [2.45, 2.75) is 0 Å². The fourth-order valence-corrected chi connectivity index (χ4v) is 8.32. The van der Waals surface area contributed by atoms with Crippen molar-refractivity contribution in [2.75, 3.05) is 4.90 Å². The van der Waals surface area contributed by atoms with Crippen molar-refractivity contribution >= 4 is 82.9 Å². The average molecular weight is 758 g/mol. The molecule has 0 atom stereocenters. The third-order valence-corrected chi connectivity index (χ3v) is 11.0. The van der Waals surface area contributed by atoms with Crippen molar-refractivity contribution in [2.24, 2.45) is 0 Å². The van der Waals surface area contributed by atoms with E-state index in [-0.39, 0.29) is 0 Å². The van der Waals surface area contributed by atoms with Crippen LogP contribution in [-0.4, -0.2) is 0 Å². The molecule has 0 N–H and O–H groups in total. The number of hydrogen-bond acceptors (Lipinski definition) is 3. The van der Waals surface area contributed by atoms with Gasteiger partial charge in [0, 0.05) is 33.0 Å². The van der Waals surface area contributed by atoms with E-state index in [1.54, 1.807) is 0 Å². The van der Waals surface area contributed by atoms with Crippen molar-refractivity contribution < 1.29 is 8.83 Å². The van der Waals surface area contributed by atoms with Gasteiger partial charge in [-0.1, -0.05) is 177 Å². The number of rotatable bonds is 10. The van der Waals surface area contributed by atoms with E-state index in [4.69, 9.17) is 8.83 Å². The molecule has 0 amide bonds. The highest BCUT2D eigenvalue weighted by Gasteiger charge is 2.23.